The minimum absolute atomic E-state index is 0.159. The number of nitrogens with zero attached hydrogens (tertiary/aromatic N) is 3. The number of aromatic nitrogens is 2. The Kier molecular flexibility index (Phi) is 6.64. The number of hydrogen-bond acceptors (Lipinski definition) is 4. The van der Waals surface area contributed by atoms with Gasteiger partial charge in [-0.25, -0.2) is 17.8 Å². The van der Waals surface area contributed by atoms with E-state index in [2.05, 4.69) is 10.3 Å². The van der Waals surface area contributed by atoms with Crippen LogP contribution in [0.3, 0.4) is 0 Å². The summed E-state index contributed by atoms with van der Waals surface area (Å²) in [6.07, 6.45) is -2.15. The van der Waals surface area contributed by atoms with Crippen LogP contribution in [0.25, 0.3) is 0 Å². The van der Waals surface area contributed by atoms with Crippen LogP contribution in [0.1, 0.15) is 27.4 Å². The molecule has 1 aliphatic heterocycles. The van der Waals surface area contributed by atoms with Crippen LogP contribution in [0, 0.1) is 5.82 Å². The lowest BCUT2D eigenvalue weighted by Gasteiger charge is -2.21. The molecule has 0 radical (unpaired) electrons. The predicted octanol–water partition coefficient (Wildman–Crippen LogP) is 3.82. The van der Waals surface area contributed by atoms with Gasteiger partial charge in [0, 0.05) is 32.3 Å². The van der Waals surface area contributed by atoms with Crippen LogP contribution >= 0.6 is 11.6 Å². The molecule has 0 unspecified atom stereocenters. The SMILES string of the molecule is Cn1cnc(S(=O)(=O)N2C[C@H](NC(=O)c3cccc(C(F)(F)F)c3Cl)[C@@H](c3ccccc3F)C2)c1. The predicted molar refractivity (Wildman–Crippen MR) is 119 cm³/mol. The summed E-state index contributed by atoms with van der Waals surface area (Å²) in [7, 11) is -2.49. The highest BCUT2D eigenvalue weighted by molar-refractivity contribution is 7.89. The van der Waals surface area contributed by atoms with Crippen molar-refractivity contribution in [2.45, 2.75) is 23.2 Å². The monoisotopic (exact) mass is 530 g/mol. The molecule has 0 saturated carbocycles. The number of carbonyl (C=O) groups is 1. The number of amides is 1. The second kappa shape index (κ2) is 9.25. The van der Waals surface area contributed by atoms with E-state index in [1.807, 2.05) is 0 Å². The van der Waals surface area contributed by atoms with Gasteiger partial charge in [-0.2, -0.15) is 17.5 Å². The lowest BCUT2D eigenvalue weighted by molar-refractivity contribution is -0.137. The van der Waals surface area contributed by atoms with E-state index in [4.69, 9.17) is 11.6 Å². The summed E-state index contributed by atoms with van der Waals surface area (Å²) in [5.41, 5.74) is -1.45. The molecular formula is C22H19ClF4N4O3S. The molecule has 0 aliphatic carbocycles. The molecule has 2 heterocycles. The van der Waals surface area contributed by atoms with E-state index in [9.17, 15) is 30.8 Å². The van der Waals surface area contributed by atoms with Gasteiger partial charge in [-0.1, -0.05) is 35.9 Å². The molecular weight excluding hydrogens is 512 g/mol. The third-order valence-electron chi connectivity index (χ3n) is 5.74. The highest BCUT2D eigenvalue weighted by Gasteiger charge is 2.43. The first kappa shape index (κ1) is 25.1. The van der Waals surface area contributed by atoms with Gasteiger partial charge < -0.3 is 9.88 Å². The lowest BCUT2D eigenvalue weighted by Crippen LogP contribution is -2.40. The fourth-order valence-corrected chi connectivity index (χ4v) is 5.80. The Morgan fingerprint density at radius 1 is 1.14 bits per heavy atom. The van der Waals surface area contributed by atoms with Crippen LogP contribution in [0.5, 0.6) is 0 Å². The molecule has 1 N–H and O–H groups in total. The normalized spacial score (nSPS) is 19.1. The van der Waals surface area contributed by atoms with Gasteiger partial charge in [-0.05, 0) is 23.8 Å². The topological polar surface area (TPSA) is 84.3 Å². The Morgan fingerprint density at radius 2 is 1.86 bits per heavy atom. The van der Waals surface area contributed by atoms with Crippen LogP contribution in [-0.2, 0) is 23.2 Å². The van der Waals surface area contributed by atoms with E-state index in [1.54, 1.807) is 13.1 Å². The Balaban J connectivity index is 1.68. The molecule has 1 fully saturated rings. The standard InChI is InChI=1S/C22H19ClF4N4O3S/c1-30-11-19(28-12-30)35(33,34)31-9-15(13-5-2-3-8-17(13)24)18(10-31)29-21(32)14-6-4-7-16(20(14)23)22(25,26)27/h2-8,11-12,15,18H,9-10H2,1H3,(H,29,32)/t15-,18+/m1/s1. The first-order valence-corrected chi connectivity index (χ1v) is 12.1. The van der Waals surface area contributed by atoms with Crippen molar-refractivity contribution in [1.29, 1.82) is 0 Å². The van der Waals surface area contributed by atoms with Crippen molar-refractivity contribution in [3.05, 3.63) is 82.5 Å². The second-order valence-corrected chi connectivity index (χ2v) is 10.3. The smallest absolute Gasteiger partial charge is 0.347 e. The maximum Gasteiger partial charge on any atom is 0.417 e. The van der Waals surface area contributed by atoms with Crippen LogP contribution in [-0.4, -0.2) is 47.3 Å². The summed E-state index contributed by atoms with van der Waals surface area (Å²) >= 11 is 5.88. The summed E-state index contributed by atoms with van der Waals surface area (Å²) in [5.74, 6) is -2.36. The average molecular weight is 531 g/mol. The van der Waals surface area contributed by atoms with Crippen LogP contribution in [0.2, 0.25) is 5.02 Å². The number of aryl methyl sites for hydroxylation is 1. The summed E-state index contributed by atoms with van der Waals surface area (Å²) in [6.45, 7) is -0.429. The highest BCUT2D eigenvalue weighted by Crippen LogP contribution is 2.37. The number of halogens is 5. The molecule has 7 nitrogen and oxygen atoms in total. The van der Waals surface area contributed by atoms with Crippen LogP contribution in [0.4, 0.5) is 17.6 Å². The first-order chi connectivity index (χ1) is 16.4. The van der Waals surface area contributed by atoms with E-state index in [0.29, 0.717) is 0 Å². The molecule has 1 saturated heterocycles. The van der Waals surface area contributed by atoms with Crippen molar-refractivity contribution in [3.8, 4) is 0 Å². The fourth-order valence-electron chi connectivity index (χ4n) is 4.03. The summed E-state index contributed by atoms with van der Waals surface area (Å²) < 4.78 is 83.1. The third-order valence-corrected chi connectivity index (χ3v) is 7.87. The average Bonchev–Trinajstić information content (AvgIpc) is 3.40. The van der Waals surface area contributed by atoms with Gasteiger partial charge in [0.1, 0.15) is 5.82 Å². The zero-order valence-corrected chi connectivity index (χ0v) is 19.7. The molecule has 186 valence electrons. The fraction of sp³-hybridized carbons (Fsp3) is 0.273. The van der Waals surface area contributed by atoms with Crippen molar-refractivity contribution in [3.63, 3.8) is 0 Å². The summed E-state index contributed by atoms with van der Waals surface area (Å²) in [6, 6.07) is 7.66. The van der Waals surface area contributed by atoms with Gasteiger partial charge in [-0.15, -0.1) is 0 Å². The molecule has 1 amide bonds. The molecule has 13 heteroatoms. The minimum atomic E-state index is -4.77. The van der Waals surface area contributed by atoms with Gasteiger partial charge in [-0.3, -0.25) is 4.79 Å². The van der Waals surface area contributed by atoms with Crippen molar-refractivity contribution in [1.82, 2.24) is 19.2 Å². The molecule has 4 rings (SSSR count). The van der Waals surface area contributed by atoms with E-state index >= 15 is 0 Å². The molecule has 1 aromatic heterocycles. The van der Waals surface area contributed by atoms with E-state index < -0.39 is 56.0 Å². The highest BCUT2D eigenvalue weighted by atomic mass is 35.5. The Morgan fingerprint density at radius 3 is 2.49 bits per heavy atom. The molecule has 3 aromatic rings. The van der Waals surface area contributed by atoms with Gasteiger partial charge in [0.2, 0.25) is 0 Å². The van der Waals surface area contributed by atoms with E-state index in [0.717, 1.165) is 22.5 Å². The molecule has 35 heavy (non-hydrogen) atoms. The summed E-state index contributed by atoms with van der Waals surface area (Å²) in [5, 5.41) is 1.56. The van der Waals surface area contributed by atoms with E-state index in [1.165, 1.54) is 35.3 Å². The first-order valence-electron chi connectivity index (χ1n) is 10.3. The molecule has 0 spiro atoms. The van der Waals surface area contributed by atoms with Gasteiger partial charge in [0.25, 0.3) is 15.9 Å². The Bertz CT molecular complexity index is 1380. The largest absolute Gasteiger partial charge is 0.417 e. The van der Waals surface area contributed by atoms with Crippen molar-refractivity contribution in [2.24, 2.45) is 7.05 Å². The maximum absolute atomic E-state index is 14.6. The maximum atomic E-state index is 14.6. The van der Waals surface area contributed by atoms with Gasteiger partial charge in [0.05, 0.1) is 28.5 Å². The minimum Gasteiger partial charge on any atom is -0.347 e. The van der Waals surface area contributed by atoms with E-state index in [-0.39, 0.29) is 23.7 Å². The number of alkyl halides is 3. The number of carbonyl (C=O) groups excluding carboxylic acids is 1. The Hall–Kier alpha value is -2.96. The third kappa shape index (κ3) is 4.91. The lowest BCUT2D eigenvalue weighted by atomic mass is 9.93. The summed E-state index contributed by atoms with van der Waals surface area (Å²) in [4.78, 5) is 16.8. The molecule has 1 aliphatic rings. The second-order valence-electron chi connectivity index (χ2n) is 8.07. The number of benzene rings is 2. The van der Waals surface area contributed by atoms with Gasteiger partial charge in [0.15, 0.2) is 5.03 Å². The van der Waals surface area contributed by atoms with Crippen molar-refractivity contribution >= 4 is 27.5 Å². The molecule has 2 aromatic carbocycles. The number of imidazole rings is 1. The van der Waals surface area contributed by atoms with Crippen LogP contribution < -0.4 is 5.32 Å². The quantitative estimate of drug-likeness (QED) is 0.508. The number of sulfonamides is 1. The Labute approximate surface area is 203 Å². The zero-order chi connectivity index (χ0) is 25.5. The van der Waals surface area contributed by atoms with Crippen molar-refractivity contribution < 1.29 is 30.8 Å². The number of rotatable bonds is 5. The molecule has 2 atom stereocenters. The molecule has 0 bridgehead atoms. The van der Waals surface area contributed by atoms with Crippen LogP contribution in [0.15, 0.2) is 60.0 Å². The number of hydrogen-bond donors (Lipinski definition) is 1. The van der Waals surface area contributed by atoms with Gasteiger partial charge >= 0.3 is 6.18 Å². The zero-order valence-electron chi connectivity index (χ0n) is 18.1. The number of nitrogens with one attached hydrogen (secondary N) is 1. The van der Waals surface area contributed by atoms with Crippen molar-refractivity contribution in [2.75, 3.05) is 13.1 Å².